The van der Waals surface area contributed by atoms with Gasteiger partial charge in [-0.05, 0) is 134 Å². The first-order valence-electron chi connectivity index (χ1n) is 21.4. The summed E-state index contributed by atoms with van der Waals surface area (Å²) in [6.45, 7) is 4.71. The van der Waals surface area contributed by atoms with Gasteiger partial charge in [0.05, 0.1) is 0 Å². The van der Waals surface area contributed by atoms with Gasteiger partial charge in [-0.15, -0.1) is 0 Å². The number of rotatable bonds is 8. The lowest BCUT2D eigenvalue weighted by atomic mass is 9.82. The van der Waals surface area contributed by atoms with Crippen LogP contribution in [0.3, 0.4) is 0 Å². The molecule has 0 saturated carbocycles. The Balaban J connectivity index is 0.956. The molecule has 61 heavy (non-hydrogen) atoms. The van der Waals surface area contributed by atoms with Gasteiger partial charge in [-0.2, -0.15) is 0 Å². The molecule has 2 nitrogen and oxygen atoms in total. The first kappa shape index (κ1) is 36.6. The summed E-state index contributed by atoms with van der Waals surface area (Å²) in [5, 5.41) is 2.48. The third kappa shape index (κ3) is 6.53. The predicted octanol–water partition coefficient (Wildman–Crippen LogP) is 16.0. The van der Waals surface area contributed by atoms with Crippen LogP contribution in [-0.2, 0) is 5.41 Å². The summed E-state index contributed by atoms with van der Waals surface area (Å²) in [7, 11) is 0. The van der Waals surface area contributed by atoms with E-state index >= 15 is 0 Å². The monoisotopic (exact) mass is 782 g/mol. The number of fused-ring (bicyclic) bond motifs is 5. The van der Waals surface area contributed by atoms with Gasteiger partial charge in [-0.25, -0.2) is 0 Å². The van der Waals surface area contributed by atoms with Crippen molar-refractivity contribution in [1.29, 1.82) is 0 Å². The van der Waals surface area contributed by atoms with E-state index in [1.807, 2.05) is 0 Å². The topological polar surface area (TPSA) is 6.48 Å². The SMILES string of the molecule is CC1(C)c2ccccc2-c2ccc(N(c3ccc(-c4ccccc4)cc3)c3ccc(-c4ccc(N(C5=C6C=CC=CC6CC=C5)c5ccc6ccccc6c5)cc4)cc3)cc21. The minimum absolute atomic E-state index is 0.0962. The third-order valence-electron chi connectivity index (χ3n) is 13.0. The van der Waals surface area contributed by atoms with Crippen molar-refractivity contribution in [3.05, 3.63) is 247 Å². The summed E-state index contributed by atoms with van der Waals surface area (Å²) in [5.74, 6) is 0.381. The van der Waals surface area contributed by atoms with E-state index in [0.717, 1.165) is 34.9 Å². The normalized spacial score (nSPS) is 15.7. The molecule has 0 aromatic heterocycles. The number of benzene rings is 8. The molecule has 0 aliphatic heterocycles. The van der Waals surface area contributed by atoms with Crippen molar-refractivity contribution in [1.82, 2.24) is 0 Å². The molecule has 0 saturated heterocycles. The molecule has 1 atom stereocenters. The summed E-state index contributed by atoms with van der Waals surface area (Å²) >= 11 is 0. The molecule has 1 unspecified atom stereocenters. The molecule has 3 aliphatic rings. The van der Waals surface area contributed by atoms with Gasteiger partial charge < -0.3 is 9.80 Å². The third-order valence-corrected chi connectivity index (χ3v) is 13.0. The highest BCUT2D eigenvalue weighted by Gasteiger charge is 2.35. The second-order valence-corrected chi connectivity index (χ2v) is 16.9. The summed E-state index contributed by atoms with van der Waals surface area (Å²) in [4.78, 5) is 4.83. The van der Waals surface area contributed by atoms with Crippen molar-refractivity contribution in [2.75, 3.05) is 9.80 Å². The number of anilines is 5. The van der Waals surface area contributed by atoms with Gasteiger partial charge in [0, 0.05) is 45.5 Å². The van der Waals surface area contributed by atoms with Gasteiger partial charge in [-0.1, -0.05) is 172 Å². The number of allylic oxidation sites excluding steroid dienone is 7. The van der Waals surface area contributed by atoms with Crippen LogP contribution in [-0.4, -0.2) is 0 Å². The van der Waals surface area contributed by atoms with Gasteiger partial charge in [0.25, 0.3) is 0 Å². The minimum atomic E-state index is -0.0962. The fourth-order valence-electron chi connectivity index (χ4n) is 9.75. The predicted molar refractivity (Wildman–Crippen MR) is 258 cm³/mol. The summed E-state index contributed by atoms with van der Waals surface area (Å²) in [5.41, 5.74) is 18.3. The zero-order valence-electron chi connectivity index (χ0n) is 34.5. The smallest absolute Gasteiger partial charge is 0.0496 e. The highest BCUT2D eigenvalue weighted by atomic mass is 15.2. The maximum atomic E-state index is 2.43. The molecule has 0 amide bonds. The zero-order valence-corrected chi connectivity index (χ0v) is 34.5. The zero-order chi connectivity index (χ0) is 40.9. The van der Waals surface area contributed by atoms with Crippen LogP contribution >= 0.6 is 0 Å². The Labute approximate surface area is 359 Å². The van der Waals surface area contributed by atoms with Gasteiger partial charge in [0.15, 0.2) is 0 Å². The quantitative estimate of drug-likeness (QED) is 0.151. The highest BCUT2D eigenvalue weighted by molar-refractivity contribution is 5.89. The van der Waals surface area contributed by atoms with Crippen LogP contribution < -0.4 is 9.80 Å². The maximum Gasteiger partial charge on any atom is 0.0496 e. The van der Waals surface area contributed by atoms with Crippen molar-refractivity contribution in [2.24, 2.45) is 5.92 Å². The number of hydrogen-bond acceptors (Lipinski definition) is 2. The Morgan fingerprint density at radius 3 is 1.67 bits per heavy atom. The van der Waals surface area contributed by atoms with Crippen molar-refractivity contribution >= 4 is 39.2 Å². The Morgan fingerprint density at radius 1 is 0.426 bits per heavy atom. The lowest BCUT2D eigenvalue weighted by Gasteiger charge is -2.32. The molecule has 8 aromatic rings. The number of hydrogen-bond donors (Lipinski definition) is 0. The average Bonchev–Trinajstić information content (AvgIpc) is 3.55. The molecule has 0 N–H and O–H groups in total. The molecule has 292 valence electrons. The van der Waals surface area contributed by atoms with Gasteiger partial charge >= 0.3 is 0 Å². The van der Waals surface area contributed by atoms with Gasteiger partial charge in [0.2, 0.25) is 0 Å². The first-order valence-corrected chi connectivity index (χ1v) is 21.4. The second kappa shape index (κ2) is 15.0. The molecular weight excluding hydrogens is 737 g/mol. The number of nitrogens with zero attached hydrogens (tertiary/aromatic N) is 2. The second-order valence-electron chi connectivity index (χ2n) is 16.9. The largest absolute Gasteiger partial charge is 0.310 e. The van der Waals surface area contributed by atoms with E-state index in [9.17, 15) is 0 Å². The molecule has 3 aliphatic carbocycles. The van der Waals surface area contributed by atoms with Crippen LogP contribution in [0, 0.1) is 5.92 Å². The standard InChI is InChI=1S/C59H46N2/c1-59(2)56-21-11-10-20-54(56)55-38-37-52(40-57(55)59)60(48-30-23-43(24-31-48)41-13-4-3-5-14-41)49-32-25-44(26-33-49)45-27-34-50(35-28-45)61(51-36-29-42-15-6-7-17-47(42)39-51)58-22-12-18-46-16-8-9-19-53(46)58/h3-17,19-40,46H,18H2,1-2H3. The molecule has 8 aromatic carbocycles. The van der Waals surface area contributed by atoms with E-state index in [-0.39, 0.29) is 5.41 Å². The Bertz CT molecular complexity index is 3050. The van der Waals surface area contributed by atoms with Gasteiger partial charge in [-0.3, -0.25) is 0 Å². The highest BCUT2D eigenvalue weighted by Crippen LogP contribution is 2.51. The van der Waals surface area contributed by atoms with E-state index in [4.69, 9.17) is 0 Å². The van der Waals surface area contributed by atoms with Crippen molar-refractivity contribution in [3.63, 3.8) is 0 Å². The van der Waals surface area contributed by atoms with E-state index in [2.05, 4.69) is 248 Å². The van der Waals surface area contributed by atoms with Crippen molar-refractivity contribution < 1.29 is 0 Å². The molecule has 0 fully saturated rings. The van der Waals surface area contributed by atoms with E-state index < -0.39 is 0 Å². The molecule has 0 bridgehead atoms. The van der Waals surface area contributed by atoms with Crippen LogP contribution in [0.25, 0.3) is 44.2 Å². The minimum Gasteiger partial charge on any atom is -0.310 e. The lowest BCUT2D eigenvalue weighted by Crippen LogP contribution is -2.21. The molecule has 0 radical (unpaired) electrons. The van der Waals surface area contributed by atoms with Crippen molar-refractivity contribution in [2.45, 2.75) is 25.7 Å². The first-order chi connectivity index (χ1) is 30.0. The van der Waals surface area contributed by atoms with Gasteiger partial charge in [0.1, 0.15) is 0 Å². The fraction of sp³-hybridized carbons (Fsp3) is 0.0847. The van der Waals surface area contributed by atoms with E-state index in [0.29, 0.717) is 5.92 Å². The van der Waals surface area contributed by atoms with Crippen LogP contribution in [0.4, 0.5) is 28.4 Å². The maximum absolute atomic E-state index is 2.43. The Hall–Kier alpha value is -7.42. The summed E-state index contributed by atoms with van der Waals surface area (Å²) in [6.07, 6.45) is 14.6. The Morgan fingerprint density at radius 2 is 0.967 bits per heavy atom. The molecule has 0 spiro atoms. The molecule has 2 heteroatoms. The van der Waals surface area contributed by atoms with Crippen LogP contribution in [0.2, 0.25) is 0 Å². The van der Waals surface area contributed by atoms with Crippen LogP contribution in [0.15, 0.2) is 236 Å². The fourth-order valence-corrected chi connectivity index (χ4v) is 9.75. The molecular formula is C59H46N2. The lowest BCUT2D eigenvalue weighted by molar-refractivity contribution is 0.660. The van der Waals surface area contributed by atoms with E-state index in [1.54, 1.807) is 0 Å². The Kier molecular flexibility index (Phi) is 9.01. The molecule has 0 heterocycles. The average molecular weight is 783 g/mol. The summed E-state index contributed by atoms with van der Waals surface area (Å²) in [6, 6.07) is 69.1. The molecule has 11 rings (SSSR count). The van der Waals surface area contributed by atoms with Crippen molar-refractivity contribution in [3.8, 4) is 33.4 Å². The summed E-state index contributed by atoms with van der Waals surface area (Å²) < 4.78 is 0. The van der Waals surface area contributed by atoms with Crippen LogP contribution in [0.5, 0.6) is 0 Å². The van der Waals surface area contributed by atoms with Crippen LogP contribution in [0.1, 0.15) is 31.4 Å². The van der Waals surface area contributed by atoms with E-state index in [1.165, 1.54) is 66.6 Å².